The summed E-state index contributed by atoms with van der Waals surface area (Å²) in [5.74, 6) is -0.134. The lowest BCUT2D eigenvalue weighted by atomic mass is 10.2. The summed E-state index contributed by atoms with van der Waals surface area (Å²) in [7, 11) is 1.75. The Hall–Kier alpha value is -3.26. The number of hydrogen-bond acceptors (Lipinski definition) is 5. The number of morpholine rings is 1. The zero-order valence-electron chi connectivity index (χ0n) is 16.3. The van der Waals surface area contributed by atoms with E-state index in [0.29, 0.717) is 44.1 Å². The molecular weight excluding hydrogens is 370 g/mol. The van der Waals surface area contributed by atoms with E-state index in [-0.39, 0.29) is 17.6 Å². The van der Waals surface area contributed by atoms with E-state index in [4.69, 9.17) is 4.74 Å². The Morgan fingerprint density at radius 3 is 2.66 bits per heavy atom. The molecule has 0 bridgehead atoms. The molecule has 1 aliphatic heterocycles. The van der Waals surface area contributed by atoms with Gasteiger partial charge in [-0.2, -0.15) is 0 Å². The lowest BCUT2D eigenvalue weighted by molar-refractivity contribution is 0.0294. The number of amides is 2. The van der Waals surface area contributed by atoms with Gasteiger partial charge in [-0.3, -0.25) is 19.0 Å². The number of fused-ring (bicyclic) bond motifs is 1. The van der Waals surface area contributed by atoms with Crippen molar-refractivity contribution in [3.63, 3.8) is 0 Å². The average Bonchev–Trinajstić information content (AvgIpc) is 3.17. The van der Waals surface area contributed by atoms with E-state index >= 15 is 0 Å². The zero-order chi connectivity index (χ0) is 20.2. The van der Waals surface area contributed by atoms with Crippen molar-refractivity contribution >= 4 is 17.3 Å². The number of likely N-dealkylation sites (N-methyl/N-ethyl adjacent to an activating group) is 1. The number of hydrogen-bond donors (Lipinski definition) is 0. The maximum Gasteiger partial charge on any atom is 0.290 e. The number of carbonyl (C=O) groups excluding carboxylic acids is 2. The molecule has 1 saturated heterocycles. The van der Waals surface area contributed by atoms with Crippen LogP contribution in [0.1, 0.15) is 26.7 Å². The highest BCUT2D eigenvalue weighted by Gasteiger charge is 2.27. The van der Waals surface area contributed by atoms with Gasteiger partial charge in [0.1, 0.15) is 0 Å². The fourth-order valence-electron chi connectivity index (χ4n) is 3.38. The van der Waals surface area contributed by atoms with Gasteiger partial charge in [0, 0.05) is 45.3 Å². The average molecular weight is 393 g/mol. The molecule has 8 nitrogen and oxygen atoms in total. The summed E-state index contributed by atoms with van der Waals surface area (Å²) >= 11 is 0. The lowest BCUT2D eigenvalue weighted by Gasteiger charge is -2.26. The number of nitrogens with zero attached hydrogens (tertiary/aromatic N) is 5. The monoisotopic (exact) mass is 393 g/mol. The molecule has 4 heterocycles. The van der Waals surface area contributed by atoms with E-state index < -0.39 is 0 Å². The molecule has 0 aliphatic carbocycles. The molecule has 150 valence electrons. The van der Waals surface area contributed by atoms with Gasteiger partial charge in [0.15, 0.2) is 5.69 Å². The van der Waals surface area contributed by atoms with Crippen LogP contribution in [0.3, 0.4) is 0 Å². The van der Waals surface area contributed by atoms with Crippen molar-refractivity contribution in [3.8, 4) is 0 Å². The minimum atomic E-state index is -0.205. The number of imidazole rings is 1. The summed E-state index contributed by atoms with van der Waals surface area (Å²) in [6.45, 7) is 2.62. The second-order valence-electron chi connectivity index (χ2n) is 6.98. The Bertz CT molecular complexity index is 1010. The maximum absolute atomic E-state index is 13.1. The van der Waals surface area contributed by atoms with Crippen LogP contribution >= 0.6 is 0 Å². The Kier molecular flexibility index (Phi) is 5.53. The second-order valence-corrected chi connectivity index (χ2v) is 6.98. The lowest BCUT2D eigenvalue weighted by Crippen LogP contribution is -2.41. The topological polar surface area (TPSA) is 80.0 Å². The molecule has 0 atom stereocenters. The van der Waals surface area contributed by atoms with E-state index in [1.54, 1.807) is 39.8 Å². The Labute approximate surface area is 168 Å². The molecule has 0 spiro atoms. The predicted octanol–water partition coefficient (Wildman–Crippen LogP) is 1.52. The van der Waals surface area contributed by atoms with Crippen LogP contribution in [0.2, 0.25) is 0 Å². The van der Waals surface area contributed by atoms with Crippen LogP contribution in [0.5, 0.6) is 0 Å². The van der Waals surface area contributed by atoms with Crippen LogP contribution in [0, 0.1) is 0 Å². The number of aromatic nitrogens is 3. The molecule has 4 rings (SSSR count). The minimum Gasteiger partial charge on any atom is -0.378 e. The van der Waals surface area contributed by atoms with Gasteiger partial charge >= 0.3 is 0 Å². The van der Waals surface area contributed by atoms with Gasteiger partial charge < -0.3 is 14.5 Å². The van der Waals surface area contributed by atoms with E-state index in [1.165, 1.54) is 0 Å². The second kappa shape index (κ2) is 8.40. The van der Waals surface area contributed by atoms with Crippen molar-refractivity contribution in [1.29, 1.82) is 0 Å². The SMILES string of the molecule is CN(CCc1ccncc1)C(=O)c1nc(C(=O)N2CCOCC2)n2ccccc12. The van der Waals surface area contributed by atoms with Gasteiger partial charge in [0.2, 0.25) is 5.82 Å². The first kappa shape index (κ1) is 19.1. The molecule has 8 heteroatoms. The first-order chi connectivity index (χ1) is 14.1. The van der Waals surface area contributed by atoms with Crippen LogP contribution in [0.4, 0.5) is 0 Å². The molecule has 0 unspecified atom stereocenters. The molecule has 1 aliphatic rings. The van der Waals surface area contributed by atoms with Crippen LogP contribution in [0.25, 0.3) is 5.52 Å². The van der Waals surface area contributed by atoms with Gasteiger partial charge in [0.25, 0.3) is 11.8 Å². The Morgan fingerprint density at radius 2 is 1.90 bits per heavy atom. The summed E-state index contributed by atoms with van der Waals surface area (Å²) < 4.78 is 7.02. The third kappa shape index (κ3) is 3.97. The third-order valence-electron chi connectivity index (χ3n) is 5.07. The van der Waals surface area contributed by atoms with Crippen molar-refractivity contribution in [3.05, 3.63) is 66.0 Å². The summed E-state index contributed by atoms with van der Waals surface area (Å²) in [5.41, 5.74) is 2.03. The fourth-order valence-corrected chi connectivity index (χ4v) is 3.38. The van der Waals surface area contributed by atoms with E-state index in [2.05, 4.69) is 9.97 Å². The molecule has 29 heavy (non-hydrogen) atoms. The normalized spacial score (nSPS) is 14.2. The Balaban J connectivity index is 1.58. The molecule has 0 radical (unpaired) electrons. The summed E-state index contributed by atoms with van der Waals surface area (Å²) in [6.07, 6.45) is 5.97. The van der Waals surface area contributed by atoms with Crippen LogP contribution in [-0.4, -0.2) is 75.9 Å². The van der Waals surface area contributed by atoms with Crippen LogP contribution in [-0.2, 0) is 11.2 Å². The van der Waals surface area contributed by atoms with Gasteiger partial charge in [-0.15, -0.1) is 0 Å². The highest BCUT2D eigenvalue weighted by atomic mass is 16.5. The molecule has 3 aromatic heterocycles. The minimum absolute atomic E-state index is 0.187. The van der Waals surface area contributed by atoms with Gasteiger partial charge in [-0.25, -0.2) is 4.98 Å². The molecule has 3 aromatic rings. The molecular formula is C21H23N5O3. The highest BCUT2D eigenvalue weighted by molar-refractivity contribution is 6.02. The maximum atomic E-state index is 13.1. The number of rotatable bonds is 5. The summed E-state index contributed by atoms with van der Waals surface area (Å²) in [6, 6.07) is 9.35. The van der Waals surface area contributed by atoms with Crippen molar-refractivity contribution < 1.29 is 14.3 Å². The van der Waals surface area contributed by atoms with Gasteiger partial charge in [0.05, 0.1) is 18.7 Å². The predicted molar refractivity (Wildman–Crippen MR) is 107 cm³/mol. The number of ether oxygens (including phenoxy) is 1. The van der Waals surface area contributed by atoms with Gasteiger partial charge in [-0.1, -0.05) is 6.07 Å². The standard InChI is InChI=1S/C21H23N5O3/c1-24(11-7-16-5-8-22-9-6-16)20(27)18-17-4-2-3-10-26(17)19(23-18)21(28)25-12-14-29-15-13-25/h2-6,8-10H,7,11-15H2,1H3. The molecule has 0 N–H and O–H groups in total. The molecule has 0 aromatic carbocycles. The first-order valence-electron chi connectivity index (χ1n) is 9.63. The van der Waals surface area contributed by atoms with E-state index in [0.717, 1.165) is 12.0 Å². The van der Waals surface area contributed by atoms with E-state index in [9.17, 15) is 9.59 Å². The smallest absolute Gasteiger partial charge is 0.290 e. The Morgan fingerprint density at radius 1 is 1.14 bits per heavy atom. The van der Waals surface area contributed by atoms with Crippen molar-refractivity contribution in [2.75, 3.05) is 39.9 Å². The molecule has 0 saturated carbocycles. The van der Waals surface area contributed by atoms with Crippen LogP contribution < -0.4 is 0 Å². The molecule has 1 fully saturated rings. The van der Waals surface area contributed by atoms with E-state index in [1.807, 2.05) is 30.3 Å². The fraction of sp³-hybridized carbons (Fsp3) is 0.333. The highest BCUT2D eigenvalue weighted by Crippen LogP contribution is 2.17. The molecule has 2 amide bonds. The summed E-state index contributed by atoms with van der Waals surface area (Å²) in [5, 5.41) is 0. The van der Waals surface area contributed by atoms with Crippen molar-refractivity contribution in [2.24, 2.45) is 0 Å². The first-order valence-corrected chi connectivity index (χ1v) is 9.63. The zero-order valence-corrected chi connectivity index (χ0v) is 16.3. The number of pyridine rings is 2. The van der Waals surface area contributed by atoms with Crippen molar-refractivity contribution in [2.45, 2.75) is 6.42 Å². The third-order valence-corrected chi connectivity index (χ3v) is 5.07. The van der Waals surface area contributed by atoms with Crippen LogP contribution in [0.15, 0.2) is 48.9 Å². The van der Waals surface area contributed by atoms with Gasteiger partial charge in [-0.05, 0) is 36.2 Å². The summed E-state index contributed by atoms with van der Waals surface area (Å²) in [4.78, 5) is 37.9. The largest absolute Gasteiger partial charge is 0.378 e. The number of carbonyl (C=O) groups is 2. The van der Waals surface area contributed by atoms with Crippen molar-refractivity contribution in [1.82, 2.24) is 24.2 Å². The quantitative estimate of drug-likeness (QED) is 0.657.